The number of hydroxylamine groups is 1. The normalized spacial score (nSPS) is 12.5. The molecule has 1 amide bonds. The zero-order valence-corrected chi connectivity index (χ0v) is 11.8. The molecule has 0 heterocycles. The maximum atomic E-state index is 11.8. The lowest BCUT2D eigenvalue weighted by Gasteiger charge is -2.28. The Hall–Kier alpha value is -1.34. The summed E-state index contributed by atoms with van der Waals surface area (Å²) in [5.74, 6) is -3.65. The second kappa shape index (κ2) is 7.96. The van der Waals surface area contributed by atoms with Crippen LogP contribution in [0.25, 0.3) is 0 Å². The number of amides is 1. The summed E-state index contributed by atoms with van der Waals surface area (Å²) in [6.45, 7) is 4.60. The molecular formula is C11H18ClNO6. The first-order chi connectivity index (χ1) is 8.84. The molecule has 1 unspecified atom stereocenters. The van der Waals surface area contributed by atoms with Gasteiger partial charge in [-0.15, -0.1) is 0 Å². The van der Waals surface area contributed by atoms with Gasteiger partial charge in [-0.05, 0) is 13.8 Å². The Morgan fingerprint density at radius 2 is 1.63 bits per heavy atom. The molecule has 8 heteroatoms. The summed E-state index contributed by atoms with van der Waals surface area (Å²) < 4.78 is 9.49. The summed E-state index contributed by atoms with van der Waals surface area (Å²) in [5, 5.41) is 8.46. The van der Waals surface area contributed by atoms with Gasteiger partial charge in [0.05, 0.1) is 13.2 Å². The molecular weight excluding hydrogens is 278 g/mol. The zero-order chi connectivity index (χ0) is 15.1. The lowest BCUT2D eigenvalue weighted by Crippen LogP contribution is -2.50. The number of esters is 2. The molecule has 1 atom stereocenters. The van der Waals surface area contributed by atoms with Gasteiger partial charge < -0.3 is 9.47 Å². The third kappa shape index (κ3) is 4.36. The van der Waals surface area contributed by atoms with Crippen molar-refractivity contribution >= 4 is 29.4 Å². The molecule has 19 heavy (non-hydrogen) atoms. The van der Waals surface area contributed by atoms with Crippen LogP contribution in [0.3, 0.4) is 0 Å². The number of hydrogen-bond acceptors (Lipinski definition) is 6. The zero-order valence-electron chi connectivity index (χ0n) is 11.1. The number of carbonyl (C=O) groups is 3. The maximum Gasteiger partial charge on any atom is 0.339 e. The van der Waals surface area contributed by atoms with Gasteiger partial charge in [0.15, 0.2) is 0 Å². The molecule has 0 aromatic heterocycles. The van der Waals surface area contributed by atoms with Crippen LogP contribution in [0, 0.1) is 5.92 Å². The minimum atomic E-state index is -2.11. The summed E-state index contributed by atoms with van der Waals surface area (Å²) in [4.78, 5) is 32.7. The van der Waals surface area contributed by atoms with E-state index in [1.807, 2.05) is 0 Å². The second-order valence-electron chi connectivity index (χ2n) is 3.79. The van der Waals surface area contributed by atoms with Gasteiger partial charge >= 0.3 is 11.9 Å². The van der Waals surface area contributed by atoms with Crippen molar-refractivity contribution in [2.75, 3.05) is 13.2 Å². The Kier molecular flexibility index (Phi) is 7.40. The fraction of sp³-hybridized carbons (Fsp3) is 0.727. The lowest BCUT2D eigenvalue weighted by molar-refractivity contribution is -0.161. The molecule has 0 radical (unpaired) electrons. The quantitative estimate of drug-likeness (QED) is 0.235. The molecule has 7 nitrogen and oxygen atoms in total. The summed E-state index contributed by atoms with van der Waals surface area (Å²) in [5.41, 5.74) is 1.41. The molecule has 0 aliphatic carbocycles. The lowest BCUT2D eigenvalue weighted by atomic mass is 9.90. The third-order valence-electron chi connectivity index (χ3n) is 2.44. The highest BCUT2D eigenvalue weighted by Crippen LogP contribution is 2.31. The van der Waals surface area contributed by atoms with E-state index in [1.165, 1.54) is 12.4 Å². The number of halogens is 1. The number of hydrogen-bond donors (Lipinski definition) is 2. The predicted octanol–water partition coefficient (Wildman–Crippen LogP) is 0.622. The highest BCUT2D eigenvalue weighted by atomic mass is 35.5. The monoisotopic (exact) mass is 295 g/mol. The van der Waals surface area contributed by atoms with E-state index < -0.39 is 28.6 Å². The summed E-state index contributed by atoms with van der Waals surface area (Å²) in [6, 6.07) is 0. The van der Waals surface area contributed by atoms with Gasteiger partial charge in [0.1, 0.15) is 0 Å². The second-order valence-corrected chi connectivity index (χ2v) is 4.39. The molecule has 0 bridgehead atoms. The van der Waals surface area contributed by atoms with Crippen LogP contribution in [0.15, 0.2) is 0 Å². The predicted molar refractivity (Wildman–Crippen MR) is 65.6 cm³/mol. The van der Waals surface area contributed by atoms with E-state index in [9.17, 15) is 14.4 Å². The van der Waals surface area contributed by atoms with Crippen molar-refractivity contribution in [2.24, 2.45) is 5.92 Å². The summed E-state index contributed by atoms with van der Waals surface area (Å²) >= 11 is 6.04. The average Bonchev–Trinajstić information content (AvgIpc) is 2.37. The molecule has 0 saturated carbocycles. The van der Waals surface area contributed by atoms with Crippen LogP contribution >= 0.6 is 11.6 Å². The Morgan fingerprint density at radius 3 is 1.95 bits per heavy atom. The van der Waals surface area contributed by atoms with Crippen molar-refractivity contribution in [2.45, 2.75) is 32.1 Å². The van der Waals surface area contributed by atoms with Gasteiger partial charge in [-0.2, -0.15) is 0 Å². The first-order valence-corrected chi connectivity index (χ1v) is 6.18. The van der Waals surface area contributed by atoms with Crippen LogP contribution in [-0.2, 0) is 23.9 Å². The Balaban J connectivity index is 5.19. The van der Waals surface area contributed by atoms with E-state index in [-0.39, 0.29) is 19.6 Å². The average molecular weight is 296 g/mol. The van der Waals surface area contributed by atoms with Crippen LogP contribution in [-0.4, -0.2) is 41.1 Å². The van der Waals surface area contributed by atoms with Crippen LogP contribution in [0.5, 0.6) is 0 Å². The number of ether oxygens (including phenoxy) is 2. The maximum absolute atomic E-state index is 11.8. The van der Waals surface area contributed by atoms with Crippen molar-refractivity contribution in [3.05, 3.63) is 0 Å². The van der Waals surface area contributed by atoms with Crippen LogP contribution in [0.4, 0.5) is 0 Å². The van der Waals surface area contributed by atoms with Crippen molar-refractivity contribution in [1.82, 2.24) is 5.48 Å². The first kappa shape index (κ1) is 17.7. The fourth-order valence-electron chi connectivity index (χ4n) is 1.42. The molecule has 0 rings (SSSR count). The van der Waals surface area contributed by atoms with Gasteiger partial charge in [0.2, 0.25) is 10.8 Å². The van der Waals surface area contributed by atoms with E-state index in [0.29, 0.717) is 0 Å². The summed E-state index contributed by atoms with van der Waals surface area (Å²) in [7, 11) is 0. The highest BCUT2D eigenvalue weighted by Gasteiger charge is 2.52. The van der Waals surface area contributed by atoms with Gasteiger partial charge in [-0.1, -0.05) is 18.5 Å². The largest absolute Gasteiger partial charge is 0.464 e. The standard InChI is InChI=1S/C11H18ClNO6/c1-4-18-9(15)11(12,10(16)19-5-2)7(3)6-8(14)13-17/h7,17H,4-6H2,1-3H3,(H,13,14). The van der Waals surface area contributed by atoms with Crippen LogP contribution < -0.4 is 5.48 Å². The molecule has 110 valence electrons. The van der Waals surface area contributed by atoms with Crippen molar-refractivity contribution in [3.8, 4) is 0 Å². The number of rotatable bonds is 7. The van der Waals surface area contributed by atoms with E-state index in [0.717, 1.165) is 0 Å². The van der Waals surface area contributed by atoms with Crippen LogP contribution in [0.1, 0.15) is 27.2 Å². The summed E-state index contributed by atoms with van der Waals surface area (Å²) in [6.07, 6.45) is -0.336. The Labute approximate surface area is 116 Å². The fourth-order valence-corrected chi connectivity index (χ4v) is 1.61. The SMILES string of the molecule is CCOC(=O)C(Cl)(C(=O)OCC)C(C)CC(=O)NO. The molecule has 0 aromatic carbocycles. The molecule has 0 aliphatic rings. The Bertz CT molecular complexity index is 328. The van der Waals surface area contributed by atoms with Gasteiger partial charge in [0.25, 0.3) is 0 Å². The molecule has 0 saturated heterocycles. The number of nitrogens with one attached hydrogen (secondary N) is 1. The van der Waals surface area contributed by atoms with Gasteiger partial charge in [-0.3, -0.25) is 10.0 Å². The van der Waals surface area contributed by atoms with Gasteiger partial charge in [-0.25, -0.2) is 15.1 Å². The van der Waals surface area contributed by atoms with Gasteiger partial charge in [0, 0.05) is 12.3 Å². The smallest absolute Gasteiger partial charge is 0.339 e. The number of alkyl halides is 1. The molecule has 0 fully saturated rings. The van der Waals surface area contributed by atoms with Crippen LogP contribution in [0.2, 0.25) is 0 Å². The third-order valence-corrected chi connectivity index (χ3v) is 3.12. The molecule has 0 aromatic rings. The first-order valence-electron chi connectivity index (χ1n) is 5.80. The molecule has 0 spiro atoms. The topological polar surface area (TPSA) is 102 Å². The minimum Gasteiger partial charge on any atom is -0.464 e. The van der Waals surface area contributed by atoms with E-state index in [2.05, 4.69) is 0 Å². The van der Waals surface area contributed by atoms with Crippen molar-refractivity contribution in [1.29, 1.82) is 0 Å². The van der Waals surface area contributed by atoms with Crippen molar-refractivity contribution in [3.63, 3.8) is 0 Å². The van der Waals surface area contributed by atoms with Crippen molar-refractivity contribution < 1.29 is 29.1 Å². The van der Waals surface area contributed by atoms with E-state index >= 15 is 0 Å². The van der Waals surface area contributed by atoms with E-state index in [1.54, 1.807) is 13.8 Å². The Morgan fingerprint density at radius 1 is 1.21 bits per heavy atom. The van der Waals surface area contributed by atoms with E-state index in [4.69, 9.17) is 26.3 Å². The molecule has 0 aliphatic heterocycles. The molecule has 2 N–H and O–H groups in total. The highest BCUT2D eigenvalue weighted by molar-refractivity contribution is 6.45. The number of carbonyl (C=O) groups excluding carboxylic acids is 3. The minimum absolute atomic E-state index is 0.0334.